The highest BCUT2D eigenvalue weighted by atomic mass is 19.3. The standard InChI is InChI=1S/C16H22F2N2O3.C3H8/c1-21-11-16-5-2-8-20(16)12(3-6-16)10-22-14-9-13(4-7-19-14)23-15(17)18;1-3-2/h4,7,9,12,15H,2-3,5-6,8,10-11H2,1H3;3H2,1-2H3/t12-,16-;/m0./s1. The first-order valence-corrected chi connectivity index (χ1v) is 9.34. The number of alkyl halides is 2. The van der Waals surface area contributed by atoms with Crippen molar-refractivity contribution >= 4 is 0 Å². The van der Waals surface area contributed by atoms with Gasteiger partial charge in [0.05, 0.1) is 6.61 Å². The van der Waals surface area contributed by atoms with Crippen LogP contribution in [0.1, 0.15) is 46.0 Å². The molecule has 0 aromatic carbocycles. The minimum Gasteiger partial charge on any atom is -0.476 e. The molecular weight excluding hydrogens is 342 g/mol. The summed E-state index contributed by atoms with van der Waals surface area (Å²) in [6, 6.07) is 3.10. The molecule has 2 fully saturated rings. The summed E-state index contributed by atoms with van der Waals surface area (Å²) in [6.07, 6.45) is 7.16. The SMILES string of the molecule is CCC.COC[C@@]12CCCN1[C@H](COc1cc(OC(F)F)ccn1)CC2. The third-order valence-corrected chi connectivity index (χ3v) is 4.80. The van der Waals surface area contributed by atoms with Crippen molar-refractivity contribution in [3.63, 3.8) is 0 Å². The van der Waals surface area contributed by atoms with Crippen LogP contribution >= 0.6 is 0 Å². The predicted molar refractivity (Wildman–Crippen MR) is 95.9 cm³/mol. The first kappa shape index (κ1) is 20.8. The third-order valence-electron chi connectivity index (χ3n) is 4.80. The molecule has 0 aliphatic carbocycles. The zero-order valence-electron chi connectivity index (χ0n) is 15.9. The highest BCUT2D eigenvalue weighted by Crippen LogP contribution is 2.42. The molecule has 3 heterocycles. The van der Waals surface area contributed by atoms with Crippen molar-refractivity contribution in [3.05, 3.63) is 18.3 Å². The van der Waals surface area contributed by atoms with Gasteiger partial charge < -0.3 is 14.2 Å². The van der Waals surface area contributed by atoms with Crippen LogP contribution in [0.4, 0.5) is 8.78 Å². The number of halogens is 2. The lowest BCUT2D eigenvalue weighted by Crippen LogP contribution is -2.47. The Morgan fingerprint density at radius 1 is 1.35 bits per heavy atom. The number of rotatable bonds is 7. The maximum Gasteiger partial charge on any atom is 0.387 e. The summed E-state index contributed by atoms with van der Waals surface area (Å²) in [7, 11) is 1.74. The van der Waals surface area contributed by atoms with Gasteiger partial charge in [-0.05, 0) is 38.3 Å². The first-order valence-electron chi connectivity index (χ1n) is 9.34. The number of methoxy groups -OCH3 is 1. The summed E-state index contributed by atoms with van der Waals surface area (Å²) in [6.45, 7) is 3.70. The Labute approximate surface area is 154 Å². The van der Waals surface area contributed by atoms with E-state index >= 15 is 0 Å². The fourth-order valence-electron chi connectivity index (χ4n) is 3.89. The Morgan fingerprint density at radius 2 is 2.12 bits per heavy atom. The molecule has 1 aromatic heterocycles. The van der Waals surface area contributed by atoms with Crippen molar-refractivity contribution in [1.29, 1.82) is 0 Å². The van der Waals surface area contributed by atoms with Crippen LogP contribution < -0.4 is 9.47 Å². The second-order valence-corrected chi connectivity index (χ2v) is 6.87. The molecule has 0 radical (unpaired) electrons. The lowest BCUT2D eigenvalue weighted by Gasteiger charge is -2.34. The van der Waals surface area contributed by atoms with E-state index in [0.29, 0.717) is 18.5 Å². The van der Waals surface area contributed by atoms with Crippen LogP contribution in [0.15, 0.2) is 18.3 Å². The molecule has 2 saturated heterocycles. The Balaban J connectivity index is 0.000000758. The molecule has 0 spiro atoms. The number of nitrogens with zero attached hydrogens (tertiary/aromatic N) is 2. The highest BCUT2D eigenvalue weighted by molar-refractivity contribution is 5.26. The molecule has 5 nitrogen and oxygen atoms in total. The Morgan fingerprint density at radius 3 is 2.81 bits per heavy atom. The molecule has 0 unspecified atom stereocenters. The van der Waals surface area contributed by atoms with Gasteiger partial charge in [0.2, 0.25) is 5.88 Å². The van der Waals surface area contributed by atoms with Crippen molar-refractivity contribution in [2.75, 3.05) is 26.9 Å². The molecule has 0 bridgehead atoms. The lowest BCUT2D eigenvalue weighted by molar-refractivity contribution is -0.0500. The average Bonchev–Trinajstić information content (AvgIpc) is 3.13. The number of aromatic nitrogens is 1. The van der Waals surface area contributed by atoms with Gasteiger partial charge in [0, 0.05) is 31.0 Å². The summed E-state index contributed by atoms with van der Waals surface area (Å²) in [5.74, 6) is 0.373. The van der Waals surface area contributed by atoms with Crippen molar-refractivity contribution < 1.29 is 23.0 Å². The summed E-state index contributed by atoms with van der Waals surface area (Å²) in [5.41, 5.74) is 0.150. The van der Waals surface area contributed by atoms with E-state index in [0.717, 1.165) is 32.4 Å². The maximum atomic E-state index is 12.2. The molecular formula is C19H30F2N2O3. The molecule has 148 valence electrons. The van der Waals surface area contributed by atoms with E-state index in [1.807, 2.05) is 0 Å². The molecule has 2 aliphatic heterocycles. The van der Waals surface area contributed by atoms with Crippen LogP contribution in [-0.4, -0.2) is 54.9 Å². The topological polar surface area (TPSA) is 43.8 Å². The van der Waals surface area contributed by atoms with Crippen LogP contribution in [0.5, 0.6) is 11.6 Å². The van der Waals surface area contributed by atoms with Crippen LogP contribution in [0.25, 0.3) is 0 Å². The van der Waals surface area contributed by atoms with Crippen molar-refractivity contribution in [2.24, 2.45) is 0 Å². The van der Waals surface area contributed by atoms with Crippen LogP contribution in [0.2, 0.25) is 0 Å². The number of pyridine rings is 1. The molecule has 3 rings (SSSR count). The summed E-state index contributed by atoms with van der Waals surface area (Å²) in [5, 5.41) is 0. The first-order chi connectivity index (χ1) is 12.5. The van der Waals surface area contributed by atoms with Gasteiger partial charge in [-0.25, -0.2) is 4.98 Å². The van der Waals surface area contributed by atoms with Crippen molar-refractivity contribution in [3.8, 4) is 11.6 Å². The van der Waals surface area contributed by atoms with Gasteiger partial charge in [0.15, 0.2) is 0 Å². The Hall–Kier alpha value is -1.47. The number of hydrogen-bond donors (Lipinski definition) is 0. The van der Waals surface area contributed by atoms with Gasteiger partial charge in [0.25, 0.3) is 0 Å². The van der Waals surface area contributed by atoms with E-state index < -0.39 is 6.61 Å². The zero-order valence-corrected chi connectivity index (χ0v) is 15.9. The molecule has 7 heteroatoms. The van der Waals surface area contributed by atoms with Gasteiger partial charge >= 0.3 is 6.61 Å². The van der Waals surface area contributed by atoms with E-state index in [4.69, 9.17) is 9.47 Å². The predicted octanol–water partition coefficient (Wildman–Crippen LogP) is 4.12. The monoisotopic (exact) mass is 372 g/mol. The molecule has 0 N–H and O–H groups in total. The van der Waals surface area contributed by atoms with E-state index in [9.17, 15) is 8.78 Å². The zero-order chi connectivity index (χ0) is 19.0. The molecule has 2 aliphatic rings. The van der Waals surface area contributed by atoms with Gasteiger partial charge in [0.1, 0.15) is 12.4 Å². The lowest BCUT2D eigenvalue weighted by atomic mass is 9.95. The maximum absolute atomic E-state index is 12.2. The normalized spacial score (nSPS) is 24.9. The van der Waals surface area contributed by atoms with Crippen molar-refractivity contribution in [1.82, 2.24) is 9.88 Å². The van der Waals surface area contributed by atoms with E-state index in [-0.39, 0.29) is 11.3 Å². The van der Waals surface area contributed by atoms with E-state index in [1.165, 1.54) is 31.2 Å². The van der Waals surface area contributed by atoms with Gasteiger partial charge in [-0.15, -0.1) is 0 Å². The second-order valence-electron chi connectivity index (χ2n) is 6.87. The average molecular weight is 372 g/mol. The molecule has 2 atom stereocenters. The van der Waals surface area contributed by atoms with Gasteiger partial charge in [-0.3, -0.25) is 4.90 Å². The van der Waals surface area contributed by atoms with Gasteiger partial charge in [-0.1, -0.05) is 20.3 Å². The molecule has 1 aromatic rings. The summed E-state index contributed by atoms with van der Waals surface area (Å²) in [4.78, 5) is 6.54. The molecule has 0 amide bonds. The Bertz CT molecular complexity index is 547. The van der Waals surface area contributed by atoms with Gasteiger partial charge in [-0.2, -0.15) is 8.78 Å². The third kappa shape index (κ3) is 5.27. The molecule has 26 heavy (non-hydrogen) atoms. The quantitative estimate of drug-likeness (QED) is 0.720. The van der Waals surface area contributed by atoms with E-state index in [1.54, 1.807) is 7.11 Å². The van der Waals surface area contributed by atoms with Crippen LogP contribution in [-0.2, 0) is 4.74 Å². The minimum absolute atomic E-state index is 0.0614. The van der Waals surface area contributed by atoms with Crippen LogP contribution in [0.3, 0.4) is 0 Å². The Kier molecular flexibility index (Phi) is 8.03. The smallest absolute Gasteiger partial charge is 0.387 e. The molecule has 0 saturated carbocycles. The number of ether oxygens (including phenoxy) is 3. The summed E-state index contributed by atoms with van der Waals surface area (Å²) >= 11 is 0. The largest absolute Gasteiger partial charge is 0.476 e. The minimum atomic E-state index is -2.85. The van der Waals surface area contributed by atoms with Crippen molar-refractivity contribution in [2.45, 2.75) is 64.1 Å². The van der Waals surface area contributed by atoms with E-state index in [2.05, 4.69) is 28.5 Å². The second kappa shape index (κ2) is 10.0. The summed E-state index contributed by atoms with van der Waals surface area (Å²) < 4.78 is 40.0. The highest BCUT2D eigenvalue weighted by Gasteiger charge is 2.49. The number of hydrogen-bond acceptors (Lipinski definition) is 5. The fraction of sp³-hybridized carbons (Fsp3) is 0.737. The fourth-order valence-corrected chi connectivity index (χ4v) is 3.89. The number of fused-ring (bicyclic) bond motifs is 1. The van der Waals surface area contributed by atoms with Crippen LogP contribution in [0, 0.1) is 0 Å².